The number of hydrogen-bond acceptors (Lipinski definition) is 3. The highest BCUT2D eigenvalue weighted by Gasteiger charge is 2.30. The van der Waals surface area contributed by atoms with Crippen molar-refractivity contribution in [2.24, 2.45) is 0 Å². The molecule has 0 aromatic carbocycles. The van der Waals surface area contributed by atoms with Crippen LogP contribution in [-0.2, 0) is 4.79 Å². The van der Waals surface area contributed by atoms with Gasteiger partial charge in [-0.1, -0.05) is 0 Å². The number of aliphatic carboxylic acids is 1. The Labute approximate surface area is 78.7 Å². The summed E-state index contributed by atoms with van der Waals surface area (Å²) in [5.41, 5.74) is 0.0553. The molecule has 1 aliphatic rings. The molecule has 0 unspecified atom stereocenters. The summed E-state index contributed by atoms with van der Waals surface area (Å²) in [5, 5.41) is 15.1. The molecule has 0 aromatic heterocycles. The van der Waals surface area contributed by atoms with E-state index in [0.717, 1.165) is 6.54 Å². The third-order valence-corrected chi connectivity index (χ3v) is 2.07. The predicted octanol–water partition coefficient (Wildman–Crippen LogP) is 0.190. The van der Waals surface area contributed by atoms with E-state index in [-0.39, 0.29) is 17.6 Å². The summed E-state index contributed by atoms with van der Waals surface area (Å²) in [5.74, 6) is -0.752. The van der Waals surface area contributed by atoms with Crippen LogP contribution in [0, 0.1) is 0 Å². The van der Waals surface area contributed by atoms with Gasteiger partial charge in [-0.05, 0) is 27.2 Å². The molecule has 2 atom stereocenters. The van der Waals surface area contributed by atoms with Crippen LogP contribution in [0.25, 0.3) is 0 Å². The molecule has 0 aliphatic carbocycles. The van der Waals surface area contributed by atoms with E-state index >= 15 is 0 Å². The van der Waals surface area contributed by atoms with Crippen molar-refractivity contribution in [2.75, 3.05) is 6.54 Å². The van der Waals surface area contributed by atoms with E-state index in [0.29, 0.717) is 6.42 Å². The monoisotopic (exact) mass is 186 g/mol. The van der Waals surface area contributed by atoms with Crippen LogP contribution in [0.3, 0.4) is 0 Å². The highest BCUT2D eigenvalue weighted by atomic mass is 16.4. The molecule has 0 saturated carbocycles. The van der Waals surface area contributed by atoms with E-state index in [1.165, 1.54) is 0 Å². The first-order valence-electron chi connectivity index (χ1n) is 4.62. The van der Waals surface area contributed by atoms with Crippen molar-refractivity contribution >= 4 is 5.97 Å². The summed E-state index contributed by atoms with van der Waals surface area (Å²) in [7, 11) is 0. The van der Waals surface area contributed by atoms with Gasteiger partial charge in [-0.3, -0.25) is 4.79 Å². The van der Waals surface area contributed by atoms with Crippen LogP contribution in [0.2, 0.25) is 0 Å². The molecule has 3 N–H and O–H groups in total. The Morgan fingerprint density at radius 3 is 2.54 bits per heavy atom. The Kier molecular flexibility index (Phi) is 2.93. The van der Waals surface area contributed by atoms with Crippen molar-refractivity contribution < 1.29 is 9.90 Å². The second-order valence-electron chi connectivity index (χ2n) is 4.63. The number of carboxylic acids is 1. The molecule has 4 nitrogen and oxygen atoms in total. The van der Waals surface area contributed by atoms with Crippen LogP contribution >= 0.6 is 0 Å². The third-order valence-electron chi connectivity index (χ3n) is 2.07. The molecule has 0 aromatic rings. The third kappa shape index (κ3) is 3.32. The summed E-state index contributed by atoms with van der Waals surface area (Å²) in [4.78, 5) is 10.6. The number of rotatable bonds is 2. The molecule has 1 aliphatic heterocycles. The largest absolute Gasteiger partial charge is 0.480 e. The van der Waals surface area contributed by atoms with Crippen molar-refractivity contribution in [1.29, 1.82) is 0 Å². The fourth-order valence-corrected chi connectivity index (χ4v) is 1.65. The highest BCUT2D eigenvalue weighted by molar-refractivity contribution is 5.73. The van der Waals surface area contributed by atoms with Crippen LogP contribution in [0.15, 0.2) is 0 Å². The lowest BCUT2D eigenvalue weighted by Gasteiger charge is -2.25. The van der Waals surface area contributed by atoms with E-state index in [1.807, 2.05) is 0 Å². The molecule has 1 fully saturated rings. The molecule has 13 heavy (non-hydrogen) atoms. The molecule has 1 heterocycles. The van der Waals surface area contributed by atoms with Crippen molar-refractivity contribution in [2.45, 2.75) is 44.8 Å². The molecule has 0 bridgehead atoms. The maximum atomic E-state index is 10.6. The first-order valence-corrected chi connectivity index (χ1v) is 4.62. The second kappa shape index (κ2) is 3.64. The lowest BCUT2D eigenvalue weighted by molar-refractivity contribution is -0.139. The van der Waals surface area contributed by atoms with Crippen molar-refractivity contribution in [3.63, 3.8) is 0 Å². The average molecular weight is 186 g/mol. The first-order chi connectivity index (χ1) is 5.88. The van der Waals surface area contributed by atoms with Crippen LogP contribution in [0.5, 0.6) is 0 Å². The van der Waals surface area contributed by atoms with Gasteiger partial charge in [0.2, 0.25) is 0 Å². The number of carbonyl (C=O) groups is 1. The van der Waals surface area contributed by atoms with Crippen LogP contribution in [0.1, 0.15) is 27.2 Å². The zero-order valence-electron chi connectivity index (χ0n) is 8.42. The molecular weight excluding hydrogens is 168 g/mol. The highest BCUT2D eigenvalue weighted by Crippen LogP contribution is 2.10. The standard InChI is InChI=1S/C9H18N2O2/c1-9(2,3)11-6-4-7(8(12)13)10-5-6/h6-7,10-11H,4-5H2,1-3H3,(H,12,13)/t6-,7+/m0/s1. The van der Waals surface area contributed by atoms with Crippen LogP contribution in [0.4, 0.5) is 0 Å². The topological polar surface area (TPSA) is 61.4 Å². The Morgan fingerprint density at radius 1 is 1.54 bits per heavy atom. The molecule has 0 spiro atoms. The number of hydrogen-bond donors (Lipinski definition) is 3. The van der Waals surface area contributed by atoms with Gasteiger partial charge in [-0.15, -0.1) is 0 Å². The molecule has 0 amide bonds. The molecule has 1 rings (SSSR count). The molecule has 76 valence electrons. The van der Waals surface area contributed by atoms with Crippen molar-refractivity contribution in [3.05, 3.63) is 0 Å². The predicted molar refractivity (Wildman–Crippen MR) is 50.7 cm³/mol. The van der Waals surface area contributed by atoms with Gasteiger partial charge in [0, 0.05) is 18.1 Å². The maximum Gasteiger partial charge on any atom is 0.320 e. The van der Waals surface area contributed by atoms with Gasteiger partial charge >= 0.3 is 5.97 Å². The molecular formula is C9H18N2O2. The molecule has 4 heteroatoms. The summed E-state index contributed by atoms with van der Waals surface area (Å²) in [6.45, 7) is 7.00. The first kappa shape index (κ1) is 10.5. The lowest BCUT2D eigenvalue weighted by atomic mass is 10.1. The summed E-state index contributed by atoms with van der Waals surface area (Å²) < 4.78 is 0. The Hall–Kier alpha value is -0.610. The van der Waals surface area contributed by atoms with E-state index < -0.39 is 5.97 Å². The average Bonchev–Trinajstić information content (AvgIpc) is 2.31. The van der Waals surface area contributed by atoms with Gasteiger partial charge < -0.3 is 15.7 Å². The van der Waals surface area contributed by atoms with E-state index in [4.69, 9.17) is 5.11 Å². The van der Waals surface area contributed by atoms with Crippen molar-refractivity contribution in [3.8, 4) is 0 Å². The quantitative estimate of drug-likeness (QED) is 0.576. The molecule has 1 saturated heterocycles. The molecule has 0 radical (unpaired) electrons. The lowest BCUT2D eigenvalue weighted by Crippen LogP contribution is -2.44. The Bertz CT molecular complexity index is 198. The number of carboxylic acid groups (broad SMARTS) is 1. The summed E-state index contributed by atoms with van der Waals surface area (Å²) >= 11 is 0. The fourth-order valence-electron chi connectivity index (χ4n) is 1.65. The minimum atomic E-state index is -0.752. The van der Waals surface area contributed by atoms with Gasteiger partial charge in [0.1, 0.15) is 6.04 Å². The Balaban J connectivity index is 2.38. The SMILES string of the molecule is CC(C)(C)N[C@@H]1CN[C@@H](C(=O)O)C1. The van der Waals surface area contributed by atoms with E-state index in [9.17, 15) is 4.79 Å². The maximum absolute atomic E-state index is 10.6. The van der Waals surface area contributed by atoms with E-state index in [1.54, 1.807) is 0 Å². The van der Waals surface area contributed by atoms with E-state index in [2.05, 4.69) is 31.4 Å². The van der Waals surface area contributed by atoms with Crippen LogP contribution in [-0.4, -0.2) is 35.2 Å². The van der Waals surface area contributed by atoms with Gasteiger partial charge in [-0.25, -0.2) is 0 Å². The zero-order valence-corrected chi connectivity index (χ0v) is 8.42. The minimum absolute atomic E-state index is 0.0553. The van der Waals surface area contributed by atoms with Crippen LogP contribution < -0.4 is 10.6 Å². The van der Waals surface area contributed by atoms with Gasteiger partial charge in [-0.2, -0.15) is 0 Å². The minimum Gasteiger partial charge on any atom is -0.480 e. The Morgan fingerprint density at radius 2 is 2.15 bits per heavy atom. The fraction of sp³-hybridized carbons (Fsp3) is 0.889. The van der Waals surface area contributed by atoms with Gasteiger partial charge in [0.15, 0.2) is 0 Å². The normalized spacial score (nSPS) is 29.2. The summed E-state index contributed by atoms with van der Waals surface area (Å²) in [6.07, 6.45) is 0.673. The van der Waals surface area contributed by atoms with Gasteiger partial charge in [0.25, 0.3) is 0 Å². The van der Waals surface area contributed by atoms with Gasteiger partial charge in [0.05, 0.1) is 0 Å². The second-order valence-corrected chi connectivity index (χ2v) is 4.63. The zero-order chi connectivity index (χ0) is 10.1. The number of nitrogens with one attached hydrogen (secondary N) is 2. The van der Waals surface area contributed by atoms with Crippen molar-refractivity contribution in [1.82, 2.24) is 10.6 Å². The smallest absolute Gasteiger partial charge is 0.320 e. The summed E-state index contributed by atoms with van der Waals surface area (Å²) in [6, 6.07) is -0.0963.